The summed E-state index contributed by atoms with van der Waals surface area (Å²) in [7, 11) is -10.1. The van der Waals surface area contributed by atoms with Crippen molar-refractivity contribution in [3.63, 3.8) is 0 Å². The number of hydrogen-bond acceptors (Lipinski definition) is 4. The van der Waals surface area contributed by atoms with E-state index in [4.69, 9.17) is 31.3 Å². The molecule has 0 aromatic rings. The standard InChI is InChI=1S/H4O7P2.2H2O.O.V/c1-8(2,3)7-9(4,5)6;;;;/h(H2,1,2,3)(H2,4,5,6);2*1H2;;/q;;;;+2/p-2. The van der Waals surface area contributed by atoms with E-state index in [9.17, 15) is 9.13 Å². The Labute approximate surface area is 76.8 Å². The Bertz CT molecular complexity index is 218. The summed E-state index contributed by atoms with van der Waals surface area (Å²) in [6.45, 7) is 0. The van der Waals surface area contributed by atoms with Crippen molar-refractivity contribution in [3.05, 3.63) is 0 Å². The molecule has 0 aromatic carbocycles. The number of hydrogen-bond donors (Lipinski definition) is 6. The van der Waals surface area contributed by atoms with Gasteiger partial charge in [-0.25, -0.2) is 9.13 Å². The quantitative estimate of drug-likeness (QED) is 0.308. The van der Waals surface area contributed by atoms with Gasteiger partial charge in [0.15, 0.2) is 0 Å². The van der Waals surface area contributed by atoms with Crippen LogP contribution >= 0.6 is 15.6 Å². The van der Waals surface area contributed by atoms with Crippen LogP contribution in [0.3, 0.4) is 0 Å². The van der Waals surface area contributed by atoms with Crippen LogP contribution in [-0.2, 0) is 32.9 Å². The van der Waals surface area contributed by atoms with Gasteiger partial charge >= 0.3 is 43.2 Å². The first-order valence-electron chi connectivity index (χ1n) is 2.11. The molecule has 0 spiro atoms. The third kappa shape index (κ3) is 32.5. The maximum absolute atomic E-state index is 9.63. The molecule has 0 atom stereocenters. The van der Waals surface area contributed by atoms with Crippen molar-refractivity contribution < 1.29 is 60.6 Å². The van der Waals surface area contributed by atoms with E-state index in [0.29, 0.717) is 0 Å². The third-order valence-corrected chi connectivity index (χ3v) is 1.91. The molecule has 0 amide bonds. The van der Waals surface area contributed by atoms with Gasteiger partial charge in [0, 0.05) is 0 Å². The first-order valence-corrected chi connectivity index (χ1v) is 6.99. The molecule has 0 saturated carbocycles. The molecule has 10 nitrogen and oxygen atoms in total. The van der Waals surface area contributed by atoms with Crippen molar-refractivity contribution in [2.45, 2.75) is 0 Å². The van der Waals surface area contributed by atoms with Gasteiger partial charge in [-0.05, 0) is 0 Å². The second kappa shape index (κ2) is 6.12. The summed E-state index contributed by atoms with van der Waals surface area (Å²) in [4.78, 5) is 31.0. The van der Waals surface area contributed by atoms with E-state index in [0.717, 1.165) is 0 Å². The molecule has 0 bridgehead atoms. The zero-order chi connectivity index (χ0) is 11.3. The Morgan fingerprint density at radius 1 is 0.923 bits per heavy atom. The summed E-state index contributed by atoms with van der Waals surface area (Å²) in [5.74, 6) is 0. The van der Waals surface area contributed by atoms with Crippen LogP contribution in [0.1, 0.15) is 0 Å². The molecule has 0 aliphatic heterocycles. The van der Waals surface area contributed by atoms with Gasteiger partial charge in [-0.15, -0.1) is 0 Å². The fourth-order valence-electron chi connectivity index (χ4n) is 0.139. The Kier molecular flexibility index (Phi) is 7.54. The normalized spacial score (nSPS) is 11.5. The molecular weight excluding hydrogens is 273 g/mol. The van der Waals surface area contributed by atoms with Crippen LogP contribution < -0.4 is 0 Å². The first kappa shape index (κ1) is 16.0. The molecule has 13 heteroatoms. The van der Waals surface area contributed by atoms with Gasteiger partial charge in [0.25, 0.3) is 0 Å². The topological polar surface area (TPSA) is 182 Å². The predicted octanol–water partition coefficient (Wildman–Crippen LogP) is -2.05. The van der Waals surface area contributed by atoms with Crippen molar-refractivity contribution in [2.24, 2.45) is 0 Å². The van der Waals surface area contributed by atoms with E-state index in [1.54, 1.807) is 0 Å². The van der Waals surface area contributed by atoms with E-state index in [-0.39, 0.29) is 0 Å². The fraction of sp³-hybridized carbons (Fsp3) is 0. The molecule has 0 aromatic heterocycles. The summed E-state index contributed by atoms with van der Waals surface area (Å²) < 4.78 is 45.4. The molecule has 0 saturated heterocycles. The van der Waals surface area contributed by atoms with E-state index >= 15 is 0 Å². The molecule has 6 N–H and O–H groups in total. The SMILES string of the molecule is O=P(O)(O)OP(=O)(O)O.[O]=[V]([OH])[OH]. The van der Waals surface area contributed by atoms with Crippen LogP contribution in [0.4, 0.5) is 0 Å². The number of rotatable bonds is 2. The van der Waals surface area contributed by atoms with Crippen LogP contribution in [0.15, 0.2) is 0 Å². The van der Waals surface area contributed by atoms with Gasteiger partial charge in [0.1, 0.15) is 0 Å². The zero-order valence-electron chi connectivity index (χ0n) is 5.66. The van der Waals surface area contributed by atoms with Crippen LogP contribution in [0.25, 0.3) is 0 Å². The molecule has 0 heterocycles. The van der Waals surface area contributed by atoms with Gasteiger partial charge in [-0.3, -0.25) is 0 Å². The molecular formula is H6O10P2V. The van der Waals surface area contributed by atoms with Crippen LogP contribution in [-0.4, -0.2) is 27.6 Å². The van der Waals surface area contributed by atoms with Crippen molar-refractivity contribution >= 4 is 15.6 Å². The Morgan fingerprint density at radius 3 is 1.08 bits per heavy atom. The molecule has 0 rings (SSSR count). The Hall–Kier alpha value is 0.564. The molecule has 0 fully saturated rings. The first-order chi connectivity index (χ1) is 5.44. The fourth-order valence-corrected chi connectivity index (χ4v) is 1.25. The second-order valence-corrected chi connectivity index (χ2v) is 4.72. The molecule has 0 radical (unpaired) electrons. The van der Waals surface area contributed by atoms with Gasteiger partial charge in [0.05, 0.1) is 0 Å². The summed E-state index contributed by atoms with van der Waals surface area (Å²) >= 11 is -3.44. The predicted molar refractivity (Wildman–Crippen MR) is 30.3 cm³/mol. The van der Waals surface area contributed by atoms with Gasteiger partial charge in [-0.1, -0.05) is 0 Å². The average molecular weight is 279 g/mol. The Morgan fingerprint density at radius 2 is 1.08 bits per heavy atom. The van der Waals surface area contributed by atoms with Crippen LogP contribution in [0.2, 0.25) is 0 Å². The summed E-state index contributed by atoms with van der Waals surface area (Å²) in [6.07, 6.45) is 0. The Balaban J connectivity index is 0. The summed E-state index contributed by atoms with van der Waals surface area (Å²) in [5, 5.41) is 0. The van der Waals surface area contributed by atoms with E-state index in [2.05, 4.69) is 4.31 Å². The van der Waals surface area contributed by atoms with Crippen LogP contribution in [0, 0.1) is 0 Å². The van der Waals surface area contributed by atoms with Crippen molar-refractivity contribution in [1.82, 2.24) is 0 Å². The summed E-state index contributed by atoms with van der Waals surface area (Å²) in [5.41, 5.74) is 0. The minimum absolute atomic E-state index is 2.96. The minimum atomic E-state index is -5.05. The molecule has 81 valence electrons. The molecule has 0 aliphatic rings. The average Bonchev–Trinajstić information content (AvgIpc) is 1.47. The van der Waals surface area contributed by atoms with Crippen molar-refractivity contribution in [3.8, 4) is 0 Å². The number of phosphoric acid groups is 2. The zero-order valence-corrected chi connectivity index (χ0v) is 8.84. The monoisotopic (exact) mass is 279 g/mol. The van der Waals surface area contributed by atoms with E-state index in [1.807, 2.05) is 0 Å². The van der Waals surface area contributed by atoms with E-state index < -0.39 is 31.5 Å². The van der Waals surface area contributed by atoms with Gasteiger partial charge in [0.2, 0.25) is 0 Å². The molecule has 0 aliphatic carbocycles. The second-order valence-electron chi connectivity index (χ2n) is 1.32. The third-order valence-electron chi connectivity index (χ3n) is 0.213. The van der Waals surface area contributed by atoms with Crippen molar-refractivity contribution in [2.75, 3.05) is 0 Å². The molecule has 13 heavy (non-hydrogen) atoms. The van der Waals surface area contributed by atoms with Gasteiger partial charge < -0.3 is 19.6 Å². The van der Waals surface area contributed by atoms with Crippen molar-refractivity contribution in [1.29, 1.82) is 0 Å². The van der Waals surface area contributed by atoms with E-state index in [1.165, 1.54) is 0 Å². The maximum atomic E-state index is 9.63. The molecule has 0 unspecified atom stereocenters. The van der Waals surface area contributed by atoms with Crippen LogP contribution in [0.5, 0.6) is 0 Å². The van der Waals surface area contributed by atoms with Gasteiger partial charge in [-0.2, -0.15) is 4.31 Å². The summed E-state index contributed by atoms with van der Waals surface area (Å²) in [6, 6.07) is 0.